The van der Waals surface area contributed by atoms with Crippen LogP contribution >= 0.6 is 27.3 Å². The van der Waals surface area contributed by atoms with Crippen molar-refractivity contribution >= 4 is 27.3 Å². The number of halogens is 1. The van der Waals surface area contributed by atoms with Crippen molar-refractivity contribution in [1.29, 1.82) is 0 Å². The fraction of sp³-hybridized carbons (Fsp3) is 0.300. The minimum Gasteiger partial charge on any atom is -0.299 e. The molecule has 2 heterocycles. The van der Waals surface area contributed by atoms with Gasteiger partial charge in [-0.15, -0.1) is 11.3 Å². The van der Waals surface area contributed by atoms with Gasteiger partial charge in [-0.05, 0) is 22.9 Å². The molecule has 0 aliphatic rings. The summed E-state index contributed by atoms with van der Waals surface area (Å²) in [6, 6.07) is 0. The number of aryl methyl sites for hydroxylation is 3. The predicted molar refractivity (Wildman–Crippen MR) is 69.6 cm³/mol. The van der Waals surface area contributed by atoms with Crippen LogP contribution in [-0.4, -0.2) is 14.5 Å². The zero-order valence-corrected chi connectivity index (χ0v) is 11.5. The highest BCUT2D eigenvalue weighted by Gasteiger charge is 2.05. The third-order valence-corrected chi connectivity index (χ3v) is 3.95. The highest BCUT2D eigenvalue weighted by atomic mass is 79.9. The molecule has 0 unspecified atom stereocenters. The second kappa shape index (κ2) is 4.97. The van der Waals surface area contributed by atoms with E-state index in [2.05, 4.69) is 25.9 Å². The monoisotopic (exact) mass is 315 g/mol. The maximum atomic E-state index is 11.5. The standard InChI is InChI=1S/C10H10BrN3O2S/c1-6-8(17-5-12-6)2-3-14-4-7(11)9(15)13-10(14)16/h4-5H,2-3H2,1H3,(H,13,15,16). The lowest BCUT2D eigenvalue weighted by Gasteiger charge is -2.04. The average molecular weight is 316 g/mol. The first kappa shape index (κ1) is 12.3. The van der Waals surface area contributed by atoms with Crippen molar-refractivity contribution in [2.75, 3.05) is 0 Å². The lowest BCUT2D eigenvalue weighted by Crippen LogP contribution is -2.30. The summed E-state index contributed by atoms with van der Waals surface area (Å²) in [6.07, 6.45) is 2.24. The highest BCUT2D eigenvalue weighted by Crippen LogP contribution is 2.13. The van der Waals surface area contributed by atoms with Crippen molar-refractivity contribution in [3.63, 3.8) is 0 Å². The van der Waals surface area contributed by atoms with Crippen molar-refractivity contribution in [3.8, 4) is 0 Å². The van der Waals surface area contributed by atoms with E-state index in [1.54, 1.807) is 16.8 Å². The van der Waals surface area contributed by atoms with Gasteiger partial charge in [-0.2, -0.15) is 0 Å². The normalized spacial score (nSPS) is 10.7. The number of nitrogens with zero attached hydrogens (tertiary/aromatic N) is 2. The molecule has 0 spiro atoms. The van der Waals surface area contributed by atoms with Gasteiger partial charge in [0.25, 0.3) is 5.56 Å². The topological polar surface area (TPSA) is 67.8 Å². The molecule has 5 nitrogen and oxygen atoms in total. The summed E-state index contributed by atoms with van der Waals surface area (Å²) in [6.45, 7) is 2.47. The Labute approximate surface area is 109 Å². The van der Waals surface area contributed by atoms with Crippen molar-refractivity contribution in [1.82, 2.24) is 14.5 Å². The van der Waals surface area contributed by atoms with Crippen molar-refractivity contribution in [2.45, 2.75) is 19.9 Å². The Balaban J connectivity index is 2.20. The number of hydrogen-bond acceptors (Lipinski definition) is 4. The molecule has 0 saturated carbocycles. The molecule has 0 bridgehead atoms. The Morgan fingerprint density at radius 1 is 1.53 bits per heavy atom. The number of nitrogens with one attached hydrogen (secondary N) is 1. The van der Waals surface area contributed by atoms with E-state index in [0.29, 0.717) is 11.0 Å². The fourth-order valence-corrected chi connectivity index (χ4v) is 2.55. The summed E-state index contributed by atoms with van der Waals surface area (Å²) < 4.78 is 1.84. The number of thiazole rings is 1. The van der Waals surface area contributed by atoms with E-state index in [9.17, 15) is 9.59 Å². The van der Waals surface area contributed by atoms with Crippen LogP contribution in [0.3, 0.4) is 0 Å². The lowest BCUT2D eigenvalue weighted by atomic mass is 10.3. The minimum atomic E-state index is -0.403. The first-order chi connectivity index (χ1) is 8.08. The van der Waals surface area contributed by atoms with Crippen LogP contribution in [-0.2, 0) is 13.0 Å². The maximum Gasteiger partial charge on any atom is 0.328 e. The number of hydrogen-bond donors (Lipinski definition) is 1. The first-order valence-corrected chi connectivity index (χ1v) is 6.63. The van der Waals surface area contributed by atoms with E-state index in [1.165, 1.54) is 10.8 Å². The maximum absolute atomic E-state index is 11.5. The Morgan fingerprint density at radius 3 is 2.94 bits per heavy atom. The SMILES string of the molecule is Cc1ncsc1CCn1cc(Br)c(=O)[nH]c1=O. The molecule has 17 heavy (non-hydrogen) atoms. The van der Waals surface area contributed by atoms with Crippen LogP contribution < -0.4 is 11.2 Å². The average Bonchev–Trinajstić information content (AvgIpc) is 2.68. The Kier molecular flexibility index (Phi) is 3.58. The van der Waals surface area contributed by atoms with Crippen LogP contribution in [0.1, 0.15) is 10.6 Å². The zero-order valence-electron chi connectivity index (χ0n) is 9.07. The fourth-order valence-electron chi connectivity index (χ4n) is 1.44. The Morgan fingerprint density at radius 2 is 2.29 bits per heavy atom. The Bertz CT molecular complexity index is 643. The molecule has 0 aromatic carbocycles. The summed E-state index contributed by atoms with van der Waals surface area (Å²) >= 11 is 4.67. The number of rotatable bonds is 3. The minimum absolute atomic E-state index is 0.359. The van der Waals surface area contributed by atoms with Gasteiger partial charge in [0.05, 0.1) is 15.7 Å². The molecule has 0 radical (unpaired) electrons. The molecule has 0 atom stereocenters. The molecule has 2 aromatic heterocycles. The summed E-state index contributed by atoms with van der Waals surface area (Å²) in [5.41, 5.74) is 1.99. The van der Waals surface area contributed by atoms with Crippen molar-refractivity contribution < 1.29 is 0 Å². The first-order valence-electron chi connectivity index (χ1n) is 4.96. The molecule has 7 heteroatoms. The van der Waals surface area contributed by atoms with Crippen LogP contribution in [0.4, 0.5) is 0 Å². The summed E-state index contributed by atoms with van der Waals surface area (Å²) in [5, 5.41) is 0. The van der Waals surface area contributed by atoms with E-state index in [1.807, 2.05) is 6.92 Å². The smallest absolute Gasteiger partial charge is 0.299 e. The van der Waals surface area contributed by atoms with Gasteiger partial charge in [-0.3, -0.25) is 14.3 Å². The van der Waals surface area contributed by atoms with Crippen LogP contribution in [0.25, 0.3) is 0 Å². The van der Waals surface area contributed by atoms with Crippen molar-refractivity contribution in [2.24, 2.45) is 0 Å². The number of H-pyrrole nitrogens is 1. The third kappa shape index (κ3) is 2.73. The molecular formula is C10H10BrN3O2S. The van der Waals surface area contributed by atoms with E-state index < -0.39 is 5.56 Å². The summed E-state index contributed by atoms with van der Waals surface area (Å²) in [5.74, 6) is 0. The quantitative estimate of drug-likeness (QED) is 0.928. The van der Waals surface area contributed by atoms with Gasteiger partial charge < -0.3 is 0 Å². The van der Waals surface area contributed by atoms with Gasteiger partial charge in [-0.25, -0.2) is 9.78 Å². The van der Waals surface area contributed by atoms with Gasteiger partial charge in [0, 0.05) is 24.0 Å². The van der Waals surface area contributed by atoms with Crippen LogP contribution in [0.15, 0.2) is 25.8 Å². The van der Waals surface area contributed by atoms with E-state index in [0.717, 1.165) is 17.0 Å². The number of aromatic nitrogens is 3. The van der Waals surface area contributed by atoms with E-state index in [-0.39, 0.29) is 5.69 Å². The Hall–Kier alpha value is -1.21. The predicted octanol–water partition coefficient (Wildman–Crippen LogP) is 1.31. The van der Waals surface area contributed by atoms with Gasteiger partial charge in [0.15, 0.2) is 0 Å². The van der Waals surface area contributed by atoms with Crippen LogP contribution in [0.2, 0.25) is 0 Å². The third-order valence-electron chi connectivity index (χ3n) is 2.39. The largest absolute Gasteiger partial charge is 0.328 e. The van der Waals surface area contributed by atoms with Crippen LogP contribution in [0, 0.1) is 6.92 Å². The molecule has 0 saturated heterocycles. The van der Waals surface area contributed by atoms with E-state index in [4.69, 9.17) is 0 Å². The molecule has 90 valence electrons. The second-order valence-electron chi connectivity index (χ2n) is 3.54. The lowest BCUT2D eigenvalue weighted by molar-refractivity contribution is 0.644. The van der Waals surface area contributed by atoms with E-state index >= 15 is 0 Å². The van der Waals surface area contributed by atoms with Gasteiger partial charge in [0.1, 0.15) is 0 Å². The molecular weight excluding hydrogens is 306 g/mol. The second-order valence-corrected chi connectivity index (χ2v) is 5.33. The molecule has 0 aliphatic heterocycles. The van der Waals surface area contributed by atoms with Gasteiger partial charge in [0.2, 0.25) is 0 Å². The summed E-state index contributed by atoms with van der Waals surface area (Å²) in [7, 11) is 0. The van der Waals surface area contributed by atoms with Gasteiger partial charge >= 0.3 is 5.69 Å². The molecule has 0 aliphatic carbocycles. The molecule has 2 aromatic rings. The zero-order chi connectivity index (χ0) is 12.4. The molecule has 0 fully saturated rings. The highest BCUT2D eigenvalue weighted by molar-refractivity contribution is 9.10. The molecule has 1 N–H and O–H groups in total. The summed E-state index contributed by atoms with van der Waals surface area (Å²) in [4.78, 5) is 30.2. The number of aromatic amines is 1. The molecule has 0 amide bonds. The molecule has 2 rings (SSSR count). The van der Waals surface area contributed by atoms with Crippen LogP contribution in [0.5, 0.6) is 0 Å². The van der Waals surface area contributed by atoms with Crippen molar-refractivity contribution in [3.05, 3.63) is 47.6 Å². The van der Waals surface area contributed by atoms with Gasteiger partial charge in [-0.1, -0.05) is 0 Å².